The summed E-state index contributed by atoms with van der Waals surface area (Å²) < 4.78 is 5.44. The van der Waals surface area contributed by atoms with Gasteiger partial charge in [0, 0.05) is 31.6 Å². The van der Waals surface area contributed by atoms with E-state index in [1.165, 1.54) is 25.9 Å². The predicted molar refractivity (Wildman–Crippen MR) is 103 cm³/mol. The molecule has 1 unspecified atom stereocenters. The molecule has 1 fully saturated rings. The van der Waals surface area contributed by atoms with E-state index in [0.717, 1.165) is 55.5 Å². The number of aliphatic imine (C=N–C) groups is 1. The van der Waals surface area contributed by atoms with Crippen molar-refractivity contribution in [3.05, 3.63) is 17.0 Å². The van der Waals surface area contributed by atoms with Crippen LogP contribution in [0.15, 0.2) is 9.52 Å². The maximum Gasteiger partial charge on any atom is 0.191 e. The van der Waals surface area contributed by atoms with Crippen molar-refractivity contribution in [1.29, 1.82) is 0 Å². The fourth-order valence-corrected chi connectivity index (χ4v) is 3.36. The normalized spacial score (nSPS) is 17.0. The molecule has 0 saturated carbocycles. The second-order valence-corrected chi connectivity index (χ2v) is 6.93. The maximum atomic E-state index is 5.44. The lowest BCUT2D eigenvalue weighted by atomic mass is 10.1. The van der Waals surface area contributed by atoms with Crippen LogP contribution in [0.5, 0.6) is 0 Å². The molecule has 0 amide bonds. The molecule has 2 N–H and O–H groups in total. The molecule has 2 heterocycles. The molecule has 0 spiro atoms. The van der Waals surface area contributed by atoms with E-state index in [1.54, 1.807) is 0 Å². The summed E-state index contributed by atoms with van der Waals surface area (Å²) in [6, 6.07) is 0. The Morgan fingerprint density at radius 3 is 2.60 bits per heavy atom. The SMILES string of the molecule is CCNC(=NCc1c(CC)noc1CC)NCC(C)CN1CCCC1. The molecule has 6 heteroatoms. The van der Waals surface area contributed by atoms with E-state index in [-0.39, 0.29) is 0 Å². The average Bonchev–Trinajstić information content (AvgIpc) is 3.26. The van der Waals surface area contributed by atoms with E-state index in [0.29, 0.717) is 12.5 Å². The van der Waals surface area contributed by atoms with E-state index < -0.39 is 0 Å². The number of aromatic nitrogens is 1. The minimum atomic E-state index is 0.606. The zero-order valence-electron chi connectivity index (χ0n) is 16.4. The molecule has 25 heavy (non-hydrogen) atoms. The maximum absolute atomic E-state index is 5.44. The molecule has 2 rings (SSSR count). The van der Waals surface area contributed by atoms with Crippen LogP contribution < -0.4 is 10.6 Å². The molecule has 142 valence electrons. The van der Waals surface area contributed by atoms with Crippen molar-refractivity contribution in [3.63, 3.8) is 0 Å². The van der Waals surface area contributed by atoms with Gasteiger partial charge in [0.25, 0.3) is 0 Å². The molecule has 0 radical (unpaired) electrons. The Morgan fingerprint density at radius 2 is 1.96 bits per heavy atom. The minimum absolute atomic E-state index is 0.606. The molecule has 1 atom stereocenters. The van der Waals surface area contributed by atoms with Crippen molar-refractivity contribution >= 4 is 5.96 Å². The summed E-state index contributed by atoms with van der Waals surface area (Å²) in [6.07, 6.45) is 4.44. The smallest absolute Gasteiger partial charge is 0.191 e. The third kappa shape index (κ3) is 6.03. The van der Waals surface area contributed by atoms with Crippen molar-refractivity contribution in [2.45, 2.75) is 59.9 Å². The quantitative estimate of drug-likeness (QED) is 0.530. The first-order valence-corrected chi connectivity index (χ1v) is 9.88. The van der Waals surface area contributed by atoms with Crippen LogP contribution in [0.25, 0.3) is 0 Å². The predicted octanol–water partition coefficient (Wildman–Crippen LogP) is 2.59. The van der Waals surface area contributed by atoms with Crippen LogP contribution in [0.3, 0.4) is 0 Å². The van der Waals surface area contributed by atoms with Crippen LogP contribution in [0.1, 0.15) is 57.6 Å². The summed E-state index contributed by atoms with van der Waals surface area (Å²) in [5.41, 5.74) is 2.17. The first-order chi connectivity index (χ1) is 12.2. The van der Waals surface area contributed by atoms with Crippen molar-refractivity contribution in [1.82, 2.24) is 20.7 Å². The lowest BCUT2D eigenvalue weighted by Crippen LogP contribution is -2.41. The average molecular weight is 350 g/mol. The van der Waals surface area contributed by atoms with Crippen LogP contribution in [-0.4, -0.2) is 48.7 Å². The van der Waals surface area contributed by atoms with Crippen LogP contribution >= 0.6 is 0 Å². The monoisotopic (exact) mass is 349 g/mol. The molecule has 1 aliphatic rings. The largest absolute Gasteiger partial charge is 0.361 e. The molecular weight excluding hydrogens is 314 g/mol. The van der Waals surface area contributed by atoms with E-state index in [9.17, 15) is 0 Å². The number of aryl methyl sites for hydroxylation is 2. The van der Waals surface area contributed by atoms with Gasteiger partial charge in [-0.25, -0.2) is 4.99 Å². The van der Waals surface area contributed by atoms with E-state index in [4.69, 9.17) is 9.52 Å². The van der Waals surface area contributed by atoms with Crippen LogP contribution in [0, 0.1) is 5.92 Å². The van der Waals surface area contributed by atoms with Crippen LogP contribution in [-0.2, 0) is 19.4 Å². The standard InChI is InChI=1S/C19H35N5O/c1-5-17-16(18(6-2)25-23-17)13-22-19(20-7-3)21-12-15(4)14-24-10-8-9-11-24/h15H,5-14H2,1-4H3,(H2,20,21,22). The first kappa shape index (κ1) is 19.8. The van der Waals surface area contributed by atoms with Gasteiger partial charge in [0.05, 0.1) is 12.2 Å². The summed E-state index contributed by atoms with van der Waals surface area (Å²) in [5.74, 6) is 2.44. The number of nitrogens with one attached hydrogen (secondary N) is 2. The van der Waals surface area contributed by atoms with Gasteiger partial charge >= 0.3 is 0 Å². The second kappa shape index (κ2) is 10.4. The highest BCUT2D eigenvalue weighted by Crippen LogP contribution is 2.16. The van der Waals surface area contributed by atoms with Gasteiger partial charge in [-0.15, -0.1) is 0 Å². The number of guanidine groups is 1. The fourth-order valence-electron chi connectivity index (χ4n) is 3.36. The van der Waals surface area contributed by atoms with Gasteiger partial charge in [0.15, 0.2) is 5.96 Å². The number of hydrogen-bond acceptors (Lipinski definition) is 4. The number of likely N-dealkylation sites (tertiary alicyclic amines) is 1. The molecule has 1 aromatic rings. The number of hydrogen-bond donors (Lipinski definition) is 2. The Labute approximate surface area is 152 Å². The summed E-state index contributed by atoms with van der Waals surface area (Å²) in [7, 11) is 0. The van der Waals surface area contributed by atoms with E-state index in [2.05, 4.69) is 48.4 Å². The summed E-state index contributed by atoms with van der Waals surface area (Å²) >= 11 is 0. The Balaban J connectivity index is 1.90. The van der Waals surface area contributed by atoms with Gasteiger partial charge in [0.2, 0.25) is 0 Å². The van der Waals surface area contributed by atoms with Crippen molar-refractivity contribution < 1.29 is 4.52 Å². The number of rotatable bonds is 9. The highest BCUT2D eigenvalue weighted by molar-refractivity contribution is 5.79. The van der Waals surface area contributed by atoms with Gasteiger partial charge in [0.1, 0.15) is 5.76 Å². The summed E-state index contributed by atoms with van der Waals surface area (Å²) in [4.78, 5) is 7.32. The molecule has 0 aliphatic carbocycles. The third-order valence-corrected chi connectivity index (χ3v) is 4.73. The van der Waals surface area contributed by atoms with Gasteiger partial charge in [-0.2, -0.15) is 0 Å². The Hall–Kier alpha value is -1.56. The molecule has 0 aromatic carbocycles. The molecule has 6 nitrogen and oxygen atoms in total. The second-order valence-electron chi connectivity index (χ2n) is 6.93. The molecule has 1 aliphatic heterocycles. The highest BCUT2D eigenvalue weighted by atomic mass is 16.5. The van der Waals surface area contributed by atoms with E-state index in [1.807, 2.05) is 0 Å². The molecule has 1 aromatic heterocycles. The zero-order chi connectivity index (χ0) is 18.1. The topological polar surface area (TPSA) is 65.7 Å². The minimum Gasteiger partial charge on any atom is -0.361 e. The van der Waals surface area contributed by atoms with E-state index >= 15 is 0 Å². The molecule has 1 saturated heterocycles. The van der Waals surface area contributed by atoms with Crippen LogP contribution in [0.2, 0.25) is 0 Å². The fraction of sp³-hybridized carbons (Fsp3) is 0.789. The number of nitrogens with zero attached hydrogens (tertiary/aromatic N) is 3. The van der Waals surface area contributed by atoms with Crippen LogP contribution in [0.4, 0.5) is 0 Å². The van der Waals surface area contributed by atoms with Gasteiger partial charge in [-0.3, -0.25) is 0 Å². The lowest BCUT2D eigenvalue weighted by Gasteiger charge is -2.21. The first-order valence-electron chi connectivity index (χ1n) is 9.88. The Kier molecular flexibility index (Phi) is 8.25. The van der Waals surface area contributed by atoms with Crippen molar-refractivity contribution in [3.8, 4) is 0 Å². The van der Waals surface area contributed by atoms with Gasteiger partial charge < -0.3 is 20.1 Å². The third-order valence-electron chi connectivity index (χ3n) is 4.73. The van der Waals surface area contributed by atoms with Crippen molar-refractivity contribution in [2.24, 2.45) is 10.9 Å². The Bertz CT molecular complexity index is 512. The molecule has 0 bridgehead atoms. The summed E-state index contributed by atoms with van der Waals surface area (Å²) in [5, 5.41) is 11.0. The highest BCUT2D eigenvalue weighted by Gasteiger charge is 2.15. The lowest BCUT2D eigenvalue weighted by molar-refractivity contribution is 0.287. The zero-order valence-corrected chi connectivity index (χ0v) is 16.4. The van der Waals surface area contributed by atoms with Crippen molar-refractivity contribution in [2.75, 3.05) is 32.7 Å². The Morgan fingerprint density at radius 1 is 1.20 bits per heavy atom. The van der Waals surface area contributed by atoms with Gasteiger partial charge in [-0.1, -0.05) is 25.9 Å². The van der Waals surface area contributed by atoms with Gasteiger partial charge in [-0.05, 0) is 45.2 Å². The molecular formula is C19H35N5O. The summed E-state index contributed by atoms with van der Waals surface area (Å²) in [6.45, 7) is 14.7.